The third-order valence-corrected chi connectivity index (χ3v) is 6.58. The maximum absolute atomic E-state index is 13.5. The van der Waals surface area contributed by atoms with Crippen LogP contribution < -0.4 is 4.74 Å². The number of hydrogen-bond donors (Lipinski definition) is 0. The van der Waals surface area contributed by atoms with Crippen LogP contribution in [0.15, 0.2) is 105 Å². The Labute approximate surface area is 284 Å². The minimum atomic E-state index is 0.0325. The SMILES string of the molecule is C/C=C\CC.C=C.C=CCCn1cc(-c2ccccc2OC)nc1CN(C/C=C\C)C(=O)Cc1cncn1C/C(C)=C/C.CC.CF. The molecule has 0 spiro atoms. The minimum absolute atomic E-state index is 0.0325. The number of carbonyl (C=O) groups is 1. The molecule has 0 aliphatic heterocycles. The van der Waals surface area contributed by atoms with E-state index >= 15 is 0 Å². The number of aromatic nitrogens is 4. The lowest BCUT2D eigenvalue weighted by molar-refractivity contribution is -0.130. The Bertz CT molecular complexity index is 1340. The number of allylic oxidation sites excluding steroid dienone is 6. The number of alkyl halides is 1. The van der Waals surface area contributed by atoms with Crippen molar-refractivity contribution in [1.29, 1.82) is 0 Å². The molecule has 0 bridgehead atoms. The number of para-hydroxylation sites is 1. The van der Waals surface area contributed by atoms with Crippen molar-refractivity contribution < 1.29 is 13.9 Å². The number of hydrogen-bond acceptors (Lipinski definition) is 4. The second-order valence-corrected chi connectivity index (χ2v) is 9.66. The molecule has 3 rings (SSSR count). The van der Waals surface area contributed by atoms with Gasteiger partial charge < -0.3 is 18.8 Å². The summed E-state index contributed by atoms with van der Waals surface area (Å²) in [5, 5.41) is 0. The normalized spacial score (nSPS) is 10.4. The number of benzene rings is 1. The summed E-state index contributed by atoms with van der Waals surface area (Å²) >= 11 is 0. The highest BCUT2D eigenvalue weighted by Gasteiger charge is 2.20. The Balaban J connectivity index is 0. The molecule has 2 heterocycles. The molecule has 1 aromatic carbocycles. The van der Waals surface area contributed by atoms with Gasteiger partial charge in [0.15, 0.2) is 0 Å². The summed E-state index contributed by atoms with van der Waals surface area (Å²) in [4.78, 5) is 24.6. The first kappa shape index (κ1) is 44.7. The molecular formula is C39H60FN5O2. The van der Waals surface area contributed by atoms with Crippen molar-refractivity contribution in [1.82, 2.24) is 24.0 Å². The quantitative estimate of drug-likeness (QED) is 0.163. The van der Waals surface area contributed by atoms with Gasteiger partial charge in [0.05, 0.1) is 39.3 Å². The minimum Gasteiger partial charge on any atom is -0.496 e. The fourth-order valence-corrected chi connectivity index (χ4v) is 4.15. The fourth-order valence-electron chi connectivity index (χ4n) is 4.15. The average molecular weight is 650 g/mol. The number of halogens is 1. The Morgan fingerprint density at radius 2 is 1.72 bits per heavy atom. The summed E-state index contributed by atoms with van der Waals surface area (Å²) in [5.74, 6) is 1.63. The number of methoxy groups -OCH3 is 1. The molecule has 0 fully saturated rings. The maximum Gasteiger partial charge on any atom is 0.229 e. The number of carbonyl (C=O) groups excluding carboxylic acids is 1. The fraction of sp³-hybridized carbons (Fsp3) is 0.410. The number of ether oxygens (including phenoxy) is 1. The van der Waals surface area contributed by atoms with E-state index in [1.807, 2.05) is 92.8 Å². The smallest absolute Gasteiger partial charge is 0.229 e. The zero-order valence-electron chi connectivity index (χ0n) is 30.5. The summed E-state index contributed by atoms with van der Waals surface area (Å²) < 4.78 is 19.2. The maximum atomic E-state index is 13.5. The van der Waals surface area contributed by atoms with Gasteiger partial charge in [0.2, 0.25) is 5.91 Å². The molecule has 0 N–H and O–H groups in total. The highest BCUT2D eigenvalue weighted by atomic mass is 19.1. The largest absolute Gasteiger partial charge is 0.496 e. The second-order valence-electron chi connectivity index (χ2n) is 9.66. The van der Waals surface area contributed by atoms with Crippen LogP contribution in [0.2, 0.25) is 0 Å². The molecule has 2 aromatic heterocycles. The molecule has 0 saturated carbocycles. The molecule has 47 heavy (non-hydrogen) atoms. The molecule has 0 atom stereocenters. The molecular weight excluding hydrogens is 589 g/mol. The van der Waals surface area contributed by atoms with Crippen molar-refractivity contribution in [3.63, 3.8) is 0 Å². The van der Waals surface area contributed by atoms with Gasteiger partial charge in [0.25, 0.3) is 0 Å². The lowest BCUT2D eigenvalue weighted by Crippen LogP contribution is -2.33. The van der Waals surface area contributed by atoms with E-state index in [0.29, 0.717) is 20.3 Å². The molecule has 1 amide bonds. The number of nitrogens with zero attached hydrogens (tertiary/aromatic N) is 5. The van der Waals surface area contributed by atoms with Gasteiger partial charge in [-0.25, -0.2) is 9.97 Å². The first-order valence-corrected chi connectivity index (χ1v) is 16.2. The standard InChI is InChI=1S/C29H37N5O2.C5H10.C2H6.C2H4.CH3F/c1-6-9-15-32-20-26(25-13-11-12-14-27(25)36-5)31-28(32)21-33(16-10-7-2)29(35)17-24-18-30-22-34(24)19-23(4)8-3;1-3-5-4-2;3*1-2/h6-8,10-14,18,20,22H,1,9,15-17,19,21H2,2-5H3;3,5H,4H2,1-2H3;1-2H3;1-2H2;1H3/b10-7-,23-8+;5-3-;;;. The van der Waals surface area contributed by atoms with Gasteiger partial charge in [-0.05, 0) is 52.7 Å². The van der Waals surface area contributed by atoms with E-state index in [9.17, 15) is 9.18 Å². The van der Waals surface area contributed by atoms with Crippen LogP contribution in [-0.4, -0.2) is 50.7 Å². The van der Waals surface area contributed by atoms with E-state index in [1.165, 1.54) is 5.57 Å². The van der Waals surface area contributed by atoms with Crippen molar-refractivity contribution in [2.45, 2.75) is 87.4 Å². The van der Waals surface area contributed by atoms with Crippen LogP contribution >= 0.6 is 0 Å². The summed E-state index contributed by atoms with van der Waals surface area (Å²) in [5.41, 5.74) is 3.87. The van der Waals surface area contributed by atoms with E-state index < -0.39 is 0 Å². The van der Waals surface area contributed by atoms with Crippen molar-refractivity contribution >= 4 is 5.91 Å². The monoisotopic (exact) mass is 649 g/mol. The van der Waals surface area contributed by atoms with E-state index in [0.717, 1.165) is 54.5 Å². The van der Waals surface area contributed by atoms with Crippen molar-refractivity contribution in [3.8, 4) is 17.0 Å². The zero-order chi connectivity index (χ0) is 36.0. The Hall–Kier alpha value is -4.46. The van der Waals surface area contributed by atoms with Crippen molar-refractivity contribution in [2.24, 2.45) is 0 Å². The number of rotatable bonds is 14. The molecule has 0 saturated heterocycles. The van der Waals surface area contributed by atoms with E-state index in [4.69, 9.17) is 9.72 Å². The van der Waals surface area contributed by atoms with Gasteiger partial charge in [-0.1, -0.05) is 74.9 Å². The Morgan fingerprint density at radius 3 is 2.28 bits per heavy atom. The lowest BCUT2D eigenvalue weighted by atomic mass is 10.1. The van der Waals surface area contributed by atoms with Crippen LogP contribution in [0.3, 0.4) is 0 Å². The van der Waals surface area contributed by atoms with Gasteiger partial charge in [-0.15, -0.1) is 19.7 Å². The predicted molar refractivity (Wildman–Crippen MR) is 199 cm³/mol. The van der Waals surface area contributed by atoms with Crippen LogP contribution in [0, 0.1) is 0 Å². The summed E-state index contributed by atoms with van der Waals surface area (Å²) in [6, 6.07) is 7.84. The van der Waals surface area contributed by atoms with E-state index in [2.05, 4.69) is 61.4 Å². The molecule has 260 valence electrons. The highest BCUT2D eigenvalue weighted by molar-refractivity contribution is 5.78. The first-order valence-electron chi connectivity index (χ1n) is 16.2. The predicted octanol–water partition coefficient (Wildman–Crippen LogP) is 9.83. The number of aryl methyl sites for hydroxylation is 1. The van der Waals surface area contributed by atoms with Crippen molar-refractivity contribution in [2.75, 3.05) is 20.8 Å². The van der Waals surface area contributed by atoms with Gasteiger partial charge in [0, 0.05) is 43.3 Å². The molecule has 7 nitrogen and oxygen atoms in total. The van der Waals surface area contributed by atoms with Gasteiger partial charge in [-0.3, -0.25) is 9.18 Å². The van der Waals surface area contributed by atoms with Crippen molar-refractivity contribution in [3.05, 3.63) is 116 Å². The lowest BCUT2D eigenvalue weighted by Gasteiger charge is -2.22. The van der Waals surface area contributed by atoms with E-state index in [-0.39, 0.29) is 12.3 Å². The molecule has 0 aliphatic carbocycles. The molecule has 0 radical (unpaired) electrons. The molecule has 3 aromatic rings. The zero-order valence-corrected chi connectivity index (χ0v) is 30.5. The third-order valence-electron chi connectivity index (χ3n) is 6.58. The van der Waals surface area contributed by atoms with Crippen LogP contribution in [0.4, 0.5) is 4.39 Å². The molecule has 0 aliphatic rings. The first-order chi connectivity index (χ1) is 22.9. The van der Waals surface area contributed by atoms with Crippen LogP contribution in [-0.2, 0) is 30.8 Å². The van der Waals surface area contributed by atoms with Crippen LogP contribution in [0.5, 0.6) is 5.75 Å². The topological polar surface area (TPSA) is 65.2 Å². The molecule has 8 heteroatoms. The Kier molecular flexibility index (Phi) is 27.5. The summed E-state index contributed by atoms with van der Waals surface area (Å²) in [7, 11) is 2.16. The van der Waals surface area contributed by atoms with Gasteiger partial charge in [0.1, 0.15) is 11.6 Å². The highest BCUT2D eigenvalue weighted by Crippen LogP contribution is 2.29. The van der Waals surface area contributed by atoms with Gasteiger partial charge >= 0.3 is 0 Å². The average Bonchev–Trinajstić information content (AvgIpc) is 3.74. The van der Waals surface area contributed by atoms with Crippen LogP contribution in [0.25, 0.3) is 11.3 Å². The third kappa shape index (κ3) is 16.6. The van der Waals surface area contributed by atoms with Crippen LogP contribution in [0.1, 0.15) is 72.8 Å². The molecule has 0 unspecified atom stereocenters. The van der Waals surface area contributed by atoms with E-state index in [1.54, 1.807) is 19.6 Å². The Morgan fingerprint density at radius 1 is 1.06 bits per heavy atom. The number of imidazole rings is 2. The summed E-state index contributed by atoms with van der Waals surface area (Å²) in [6.45, 7) is 26.4. The number of amides is 1. The summed E-state index contributed by atoms with van der Waals surface area (Å²) in [6.07, 6.45) is 20.0. The van der Waals surface area contributed by atoms with Gasteiger partial charge in [-0.2, -0.15) is 0 Å². The second kappa shape index (κ2) is 29.0.